The smallest absolute Gasteiger partial charge is 0.272 e. The minimum atomic E-state index is 0.0204. The second kappa shape index (κ2) is 8.54. The monoisotopic (exact) mass is 372 g/mol. The summed E-state index contributed by atoms with van der Waals surface area (Å²) in [4.78, 5) is 19.4. The molecule has 1 aromatic carbocycles. The van der Waals surface area contributed by atoms with Gasteiger partial charge >= 0.3 is 0 Å². The lowest BCUT2D eigenvalue weighted by molar-refractivity contribution is 0.0601. The summed E-state index contributed by atoms with van der Waals surface area (Å²) in [5, 5.41) is 0.610. The molecule has 0 aliphatic carbocycles. The predicted molar refractivity (Wildman–Crippen MR) is 104 cm³/mol. The number of carbonyl (C=O) groups is 1. The van der Waals surface area contributed by atoms with Crippen molar-refractivity contribution in [3.05, 3.63) is 58.4 Å². The second-order valence-electron chi connectivity index (χ2n) is 6.75. The number of rotatable bonds is 5. The van der Waals surface area contributed by atoms with Crippen molar-refractivity contribution < 1.29 is 9.53 Å². The lowest BCUT2D eigenvalue weighted by atomic mass is 9.99. The zero-order chi connectivity index (χ0) is 18.5. The van der Waals surface area contributed by atoms with E-state index in [0.717, 1.165) is 37.1 Å². The molecular weight excluding hydrogens is 348 g/mol. The molecule has 1 aliphatic heterocycles. The van der Waals surface area contributed by atoms with Crippen molar-refractivity contribution in [2.75, 3.05) is 6.54 Å². The molecular formula is C21H25ClN2O2. The van der Waals surface area contributed by atoms with E-state index >= 15 is 0 Å². The highest BCUT2D eigenvalue weighted by atomic mass is 35.5. The molecule has 1 aromatic heterocycles. The number of amides is 1. The number of ether oxygens (including phenoxy) is 1. The number of carbonyl (C=O) groups excluding carboxylic acids is 1. The molecule has 1 aliphatic rings. The van der Waals surface area contributed by atoms with Gasteiger partial charge in [-0.2, -0.15) is 0 Å². The van der Waals surface area contributed by atoms with Crippen molar-refractivity contribution in [2.24, 2.45) is 0 Å². The number of benzene rings is 1. The molecule has 1 atom stereocenters. The molecule has 1 saturated heterocycles. The molecule has 0 radical (unpaired) electrons. The fourth-order valence-corrected chi connectivity index (χ4v) is 3.58. The maximum absolute atomic E-state index is 12.9. The topological polar surface area (TPSA) is 42.4 Å². The number of likely N-dealkylation sites (tertiary alicyclic amines) is 1. The van der Waals surface area contributed by atoms with Crippen molar-refractivity contribution in [1.29, 1.82) is 0 Å². The van der Waals surface area contributed by atoms with Gasteiger partial charge < -0.3 is 9.64 Å². The van der Waals surface area contributed by atoms with Gasteiger partial charge in [0, 0.05) is 12.6 Å². The van der Waals surface area contributed by atoms with Crippen LogP contribution in [0.4, 0.5) is 0 Å². The number of hydrogen-bond acceptors (Lipinski definition) is 3. The Kier molecular flexibility index (Phi) is 6.15. The number of piperidine rings is 1. The Morgan fingerprint density at radius 3 is 2.88 bits per heavy atom. The molecule has 0 N–H and O–H groups in total. The first-order valence-electron chi connectivity index (χ1n) is 9.25. The van der Waals surface area contributed by atoms with Gasteiger partial charge in [-0.15, -0.1) is 0 Å². The Bertz CT molecular complexity index is 778. The Hall–Kier alpha value is -2.07. The molecule has 1 amide bonds. The third-order valence-electron chi connectivity index (χ3n) is 4.92. The van der Waals surface area contributed by atoms with Crippen LogP contribution in [0.3, 0.4) is 0 Å². The van der Waals surface area contributed by atoms with E-state index in [0.29, 0.717) is 22.5 Å². The van der Waals surface area contributed by atoms with Crippen LogP contribution in [0, 0.1) is 6.92 Å². The molecule has 0 bridgehead atoms. The number of aryl methyl sites for hydroxylation is 1. The first-order chi connectivity index (χ1) is 12.6. The van der Waals surface area contributed by atoms with Gasteiger partial charge in [0.1, 0.15) is 18.1 Å². The first-order valence-corrected chi connectivity index (χ1v) is 9.62. The molecule has 1 fully saturated rings. The molecule has 4 nitrogen and oxygen atoms in total. The van der Waals surface area contributed by atoms with Crippen LogP contribution < -0.4 is 4.74 Å². The van der Waals surface area contributed by atoms with Crippen LogP contribution in [0.2, 0.25) is 5.02 Å². The summed E-state index contributed by atoms with van der Waals surface area (Å²) in [6.07, 6.45) is 4.33. The molecule has 3 rings (SSSR count). The van der Waals surface area contributed by atoms with Gasteiger partial charge in [-0.05, 0) is 56.4 Å². The fourth-order valence-electron chi connectivity index (χ4n) is 3.40. The molecule has 5 heteroatoms. The van der Waals surface area contributed by atoms with E-state index in [1.807, 2.05) is 42.2 Å². The summed E-state index contributed by atoms with van der Waals surface area (Å²) in [6.45, 7) is 5.18. The van der Waals surface area contributed by atoms with Crippen molar-refractivity contribution in [3.8, 4) is 5.75 Å². The summed E-state index contributed by atoms with van der Waals surface area (Å²) < 4.78 is 5.81. The first kappa shape index (κ1) is 18.7. The summed E-state index contributed by atoms with van der Waals surface area (Å²) in [6, 6.07) is 11.5. The standard InChI is InChI=1S/C21H25ClN2O2/c1-3-17-10-4-5-13-24(17)21(25)18-11-7-9-16(23-18)14-26-19-12-6-8-15(2)20(19)22/h6-9,11-12,17H,3-5,10,13-14H2,1-2H3. The van der Waals surface area contributed by atoms with Crippen LogP contribution in [0.15, 0.2) is 36.4 Å². The van der Waals surface area contributed by atoms with Crippen LogP contribution in [-0.2, 0) is 6.61 Å². The number of pyridine rings is 1. The SMILES string of the molecule is CCC1CCCCN1C(=O)c1cccc(COc2cccc(C)c2Cl)n1. The Labute approximate surface area is 160 Å². The predicted octanol–water partition coefficient (Wildman–Crippen LogP) is 5.03. The highest BCUT2D eigenvalue weighted by Crippen LogP contribution is 2.28. The van der Waals surface area contributed by atoms with Crippen LogP contribution in [-0.4, -0.2) is 28.4 Å². The number of aromatic nitrogens is 1. The zero-order valence-electron chi connectivity index (χ0n) is 15.4. The minimum Gasteiger partial charge on any atom is -0.486 e. The van der Waals surface area contributed by atoms with E-state index in [1.165, 1.54) is 6.42 Å². The van der Waals surface area contributed by atoms with Crippen LogP contribution >= 0.6 is 11.6 Å². The summed E-state index contributed by atoms with van der Waals surface area (Å²) in [7, 11) is 0. The minimum absolute atomic E-state index is 0.0204. The second-order valence-corrected chi connectivity index (χ2v) is 7.12. The van der Waals surface area contributed by atoms with Crippen molar-refractivity contribution in [1.82, 2.24) is 9.88 Å². The summed E-state index contributed by atoms with van der Waals surface area (Å²) in [5.74, 6) is 0.652. The largest absolute Gasteiger partial charge is 0.486 e. The third-order valence-corrected chi connectivity index (χ3v) is 5.40. The van der Waals surface area contributed by atoms with Crippen LogP contribution in [0.25, 0.3) is 0 Å². The van der Waals surface area contributed by atoms with Gasteiger partial charge in [-0.3, -0.25) is 4.79 Å². The van der Waals surface area contributed by atoms with Crippen molar-refractivity contribution in [2.45, 2.75) is 52.2 Å². The van der Waals surface area contributed by atoms with E-state index in [9.17, 15) is 4.79 Å². The third kappa shape index (κ3) is 4.18. The highest BCUT2D eigenvalue weighted by Gasteiger charge is 2.26. The summed E-state index contributed by atoms with van der Waals surface area (Å²) in [5.41, 5.74) is 2.18. The van der Waals surface area contributed by atoms with Gasteiger partial charge in [-0.25, -0.2) is 4.98 Å². The van der Waals surface area contributed by atoms with E-state index in [1.54, 1.807) is 6.07 Å². The van der Waals surface area contributed by atoms with Gasteiger partial charge in [0.25, 0.3) is 5.91 Å². The average Bonchev–Trinajstić information content (AvgIpc) is 2.68. The molecule has 1 unspecified atom stereocenters. The van der Waals surface area contributed by atoms with E-state index in [2.05, 4.69) is 11.9 Å². The van der Waals surface area contributed by atoms with Crippen molar-refractivity contribution >= 4 is 17.5 Å². The van der Waals surface area contributed by atoms with E-state index in [4.69, 9.17) is 16.3 Å². The van der Waals surface area contributed by atoms with E-state index in [-0.39, 0.29) is 12.5 Å². The number of hydrogen-bond donors (Lipinski definition) is 0. The maximum Gasteiger partial charge on any atom is 0.272 e. The highest BCUT2D eigenvalue weighted by molar-refractivity contribution is 6.32. The number of nitrogens with zero attached hydrogens (tertiary/aromatic N) is 2. The van der Waals surface area contributed by atoms with Gasteiger partial charge in [0.2, 0.25) is 0 Å². The summed E-state index contributed by atoms with van der Waals surface area (Å²) >= 11 is 6.27. The van der Waals surface area contributed by atoms with Crippen LogP contribution in [0.1, 0.15) is 54.4 Å². The van der Waals surface area contributed by atoms with Gasteiger partial charge in [0.15, 0.2) is 0 Å². The molecule has 138 valence electrons. The molecule has 2 aromatic rings. The van der Waals surface area contributed by atoms with Gasteiger partial charge in [0.05, 0.1) is 10.7 Å². The maximum atomic E-state index is 12.9. The Morgan fingerprint density at radius 2 is 2.08 bits per heavy atom. The average molecular weight is 373 g/mol. The zero-order valence-corrected chi connectivity index (χ0v) is 16.1. The molecule has 0 spiro atoms. The lowest BCUT2D eigenvalue weighted by Gasteiger charge is -2.35. The Balaban J connectivity index is 1.71. The number of halogens is 1. The lowest BCUT2D eigenvalue weighted by Crippen LogP contribution is -2.43. The molecule has 26 heavy (non-hydrogen) atoms. The normalized spacial score (nSPS) is 17.2. The van der Waals surface area contributed by atoms with E-state index < -0.39 is 0 Å². The van der Waals surface area contributed by atoms with Gasteiger partial charge in [-0.1, -0.05) is 36.7 Å². The quantitative estimate of drug-likeness (QED) is 0.739. The molecule has 2 heterocycles. The molecule has 0 saturated carbocycles. The van der Waals surface area contributed by atoms with Crippen molar-refractivity contribution in [3.63, 3.8) is 0 Å². The fraction of sp³-hybridized carbons (Fsp3) is 0.429. The van der Waals surface area contributed by atoms with Crippen LogP contribution in [0.5, 0.6) is 5.75 Å². The Morgan fingerprint density at radius 1 is 1.27 bits per heavy atom.